The summed E-state index contributed by atoms with van der Waals surface area (Å²) in [5, 5.41) is 6.09. The topological polar surface area (TPSA) is 58.8 Å². The third-order valence-corrected chi connectivity index (χ3v) is 3.57. The molecule has 0 amide bonds. The monoisotopic (exact) mass is 393 g/mol. The maximum absolute atomic E-state index is 12.7. The van der Waals surface area contributed by atoms with Gasteiger partial charge in [0.25, 0.3) is 0 Å². The Kier molecular flexibility index (Phi) is 8.43. The molecule has 0 spiro atoms. The molecule has 0 atom stereocenters. The van der Waals surface area contributed by atoms with E-state index in [9.17, 15) is 13.2 Å². The van der Waals surface area contributed by atoms with Crippen LogP contribution in [0.5, 0.6) is 0 Å². The Morgan fingerprint density at radius 3 is 2.79 bits per heavy atom. The van der Waals surface area contributed by atoms with Crippen molar-refractivity contribution in [3.63, 3.8) is 0 Å². The van der Waals surface area contributed by atoms with Crippen LogP contribution in [-0.2, 0) is 17.5 Å². The number of furan rings is 1. The fraction of sp³-hybridized carbons (Fsp3) is 0.350. The van der Waals surface area contributed by atoms with Crippen LogP contribution in [0.3, 0.4) is 0 Å². The highest BCUT2D eigenvalue weighted by atomic mass is 19.4. The summed E-state index contributed by atoms with van der Waals surface area (Å²) in [7, 11) is 1.63. The van der Waals surface area contributed by atoms with Crippen LogP contribution in [0.4, 0.5) is 13.2 Å². The van der Waals surface area contributed by atoms with E-state index in [1.54, 1.807) is 13.3 Å². The van der Waals surface area contributed by atoms with Crippen molar-refractivity contribution in [1.82, 2.24) is 10.6 Å². The molecule has 8 heteroatoms. The summed E-state index contributed by atoms with van der Waals surface area (Å²) in [5.41, 5.74) is -0.396. The first kappa shape index (κ1) is 21.4. The Morgan fingerprint density at radius 1 is 1.21 bits per heavy atom. The molecule has 2 N–H and O–H groups in total. The molecule has 5 nitrogen and oxygen atoms in total. The van der Waals surface area contributed by atoms with E-state index in [4.69, 9.17) is 9.15 Å². The van der Waals surface area contributed by atoms with E-state index >= 15 is 0 Å². The largest absolute Gasteiger partial charge is 0.467 e. The lowest BCUT2D eigenvalue weighted by Gasteiger charge is -2.09. The summed E-state index contributed by atoms with van der Waals surface area (Å²) >= 11 is 0. The second-order valence-electron chi connectivity index (χ2n) is 5.72. The van der Waals surface area contributed by atoms with Gasteiger partial charge in [-0.3, -0.25) is 4.99 Å². The number of hydrogen-bond donors (Lipinski definition) is 2. The number of rotatable bonds is 7. The molecule has 0 fully saturated rings. The Morgan fingerprint density at radius 2 is 2.07 bits per heavy atom. The van der Waals surface area contributed by atoms with E-state index in [1.807, 2.05) is 12.1 Å². The number of hydrogen-bond acceptors (Lipinski definition) is 3. The average molecular weight is 393 g/mol. The van der Waals surface area contributed by atoms with Crippen molar-refractivity contribution in [2.45, 2.75) is 19.2 Å². The molecule has 0 aliphatic rings. The van der Waals surface area contributed by atoms with Crippen molar-refractivity contribution < 1.29 is 22.3 Å². The number of guanidine groups is 1. The second-order valence-corrected chi connectivity index (χ2v) is 5.72. The quantitative estimate of drug-likeness (QED) is 0.328. The molecule has 2 aromatic rings. The van der Waals surface area contributed by atoms with Crippen molar-refractivity contribution >= 4 is 5.96 Å². The highest BCUT2D eigenvalue weighted by molar-refractivity contribution is 5.79. The zero-order valence-electron chi connectivity index (χ0n) is 15.5. The van der Waals surface area contributed by atoms with Gasteiger partial charge >= 0.3 is 6.18 Å². The lowest BCUT2D eigenvalue weighted by Crippen LogP contribution is -2.38. The van der Waals surface area contributed by atoms with E-state index in [-0.39, 0.29) is 6.54 Å². The van der Waals surface area contributed by atoms with Crippen LogP contribution in [0, 0.1) is 11.8 Å². The maximum Gasteiger partial charge on any atom is 0.416 e. The Bertz CT molecular complexity index is 806. The van der Waals surface area contributed by atoms with Crippen LogP contribution < -0.4 is 10.6 Å². The molecular weight excluding hydrogens is 371 g/mol. The van der Waals surface area contributed by atoms with Crippen LogP contribution in [0.25, 0.3) is 0 Å². The van der Waals surface area contributed by atoms with Crippen LogP contribution >= 0.6 is 0 Å². The van der Waals surface area contributed by atoms with Crippen molar-refractivity contribution in [3.8, 4) is 11.8 Å². The number of nitrogens with one attached hydrogen (secondary N) is 2. The second kappa shape index (κ2) is 11.0. The number of alkyl halides is 3. The summed E-state index contributed by atoms with van der Waals surface area (Å²) in [6.45, 7) is 1.91. The molecule has 0 saturated carbocycles. The van der Waals surface area contributed by atoms with E-state index in [0.29, 0.717) is 31.3 Å². The van der Waals surface area contributed by atoms with Gasteiger partial charge in [0, 0.05) is 25.8 Å². The summed E-state index contributed by atoms with van der Waals surface area (Å²) in [4.78, 5) is 4.06. The van der Waals surface area contributed by atoms with E-state index < -0.39 is 11.7 Å². The SMILES string of the molecule is CN=C(NCC#Cc1cccc(C(F)(F)F)c1)NCCCOCc1ccco1. The zero-order chi connectivity index (χ0) is 20.2. The minimum absolute atomic E-state index is 0.255. The lowest BCUT2D eigenvalue weighted by atomic mass is 10.1. The molecule has 0 aliphatic heterocycles. The van der Waals surface area contributed by atoms with Gasteiger partial charge in [0.2, 0.25) is 0 Å². The predicted octanol–water partition coefficient (Wildman–Crippen LogP) is 3.42. The molecule has 1 aromatic heterocycles. The van der Waals surface area contributed by atoms with E-state index in [1.165, 1.54) is 12.1 Å². The zero-order valence-corrected chi connectivity index (χ0v) is 15.5. The Balaban J connectivity index is 1.65. The van der Waals surface area contributed by atoms with Gasteiger partial charge in [0.1, 0.15) is 12.4 Å². The van der Waals surface area contributed by atoms with Gasteiger partial charge in [-0.25, -0.2) is 0 Å². The van der Waals surface area contributed by atoms with E-state index in [0.717, 1.165) is 24.3 Å². The number of benzene rings is 1. The molecule has 1 aromatic carbocycles. The molecule has 0 radical (unpaired) electrons. The van der Waals surface area contributed by atoms with Crippen molar-refractivity contribution in [1.29, 1.82) is 0 Å². The van der Waals surface area contributed by atoms with Gasteiger partial charge < -0.3 is 19.8 Å². The number of halogens is 3. The Labute approximate surface area is 162 Å². The molecule has 0 saturated heterocycles. The van der Waals surface area contributed by atoms with Gasteiger partial charge in [-0.15, -0.1) is 0 Å². The highest BCUT2D eigenvalue weighted by Crippen LogP contribution is 2.29. The summed E-state index contributed by atoms with van der Waals surface area (Å²) in [6.07, 6.45) is -1.99. The van der Waals surface area contributed by atoms with Gasteiger partial charge in [-0.1, -0.05) is 17.9 Å². The molecule has 28 heavy (non-hydrogen) atoms. The van der Waals surface area contributed by atoms with Gasteiger partial charge in [-0.05, 0) is 36.8 Å². The molecule has 0 unspecified atom stereocenters. The predicted molar refractivity (Wildman–Crippen MR) is 101 cm³/mol. The van der Waals surface area contributed by atoms with Crippen LogP contribution in [0.15, 0.2) is 52.1 Å². The Hall–Kier alpha value is -2.92. The smallest absolute Gasteiger partial charge is 0.416 e. The fourth-order valence-electron chi connectivity index (χ4n) is 2.22. The summed E-state index contributed by atoms with van der Waals surface area (Å²) < 4.78 is 48.7. The normalized spacial score (nSPS) is 11.6. The summed E-state index contributed by atoms with van der Waals surface area (Å²) in [6, 6.07) is 8.60. The first-order valence-corrected chi connectivity index (χ1v) is 8.70. The lowest BCUT2D eigenvalue weighted by molar-refractivity contribution is -0.137. The third kappa shape index (κ3) is 7.76. The van der Waals surface area contributed by atoms with Gasteiger partial charge in [0.15, 0.2) is 5.96 Å². The van der Waals surface area contributed by atoms with Crippen molar-refractivity contribution in [2.75, 3.05) is 26.7 Å². The van der Waals surface area contributed by atoms with Crippen LogP contribution in [0.2, 0.25) is 0 Å². The highest BCUT2D eigenvalue weighted by Gasteiger charge is 2.30. The molecule has 150 valence electrons. The molecule has 2 rings (SSSR count). The minimum atomic E-state index is -4.37. The molecular formula is C20H22F3N3O2. The van der Waals surface area contributed by atoms with E-state index in [2.05, 4.69) is 27.5 Å². The standard InChI is InChI=1S/C20H22F3N3O2/c1-24-19(26-11-5-12-27-15-18-9-4-13-28-18)25-10-3-7-16-6-2-8-17(14-16)20(21,22)23/h2,4,6,8-9,13-14H,5,10-12,15H2,1H3,(H2,24,25,26). The van der Waals surface area contributed by atoms with Crippen LogP contribution in [-0.4, -0.2) is 32.7 Å². The van der Waals surface area contributed by atoms with Crippen molar-refractivity contribution in [2.24, 2.45) is 4.99 Å². The van der Waals surface area contributed by atoms with Gasteiger partial charge in [-0.2, -0.15) is 13.2 Å². The van der Waals surface area contributed by atoms with Gasteiger partial charge in [0.05, 0.1) is 18.4 Å². The maximum atomic E-state index is 12.7. The molecule has 0 aliphatic carbocycles. The number of aliphatic imine (C=N–C) groups is 1. The fourth-order valence-corrected chi connectivity index (χ4v) is 2.22. The third-order valence-electron chi connectivity index (χ3n) is 3.57. The molecule has 0 bridgehead atoms. The summed E-state index contributed by atoms with van der Waals surface area (Å²) in [5.74, 6) is 6.84. The van der Waals surface area contributed by atoms with Crippen LogP contribution in [0.1, 0.15) is 23.3 Å². The number of nitrogens with zero attached hydrogens (tertiary/aromatic N) is 1. The van der Waals surface area contributed by atoms with Crippen molar-refractivity contribution in [3.05, 3.63) is 59.5 Å². The number of ether oxygens (including phenoxy) is 1. The molecule has 1 heterocycles. The minimum Gasteiger partial charge on any atom is -0.467 e. The first-order chi connectivity index (χ1) is 13.5. The average Bonchev–Trinajstić information content (AvgIpc) is 3.19. The first-order valence-electron chi connectivity index (χ1n) is 8.70.